The van der Waals surface area contributed by atoms with E-state index < -0.39 is 0 Å². The van der Waals surface area contributed by atoms with E-state index in [-0.39, 0.29) is 0 Å². The van der Waals surface area contributed by atoms with Gasteiger partial charge in [0, 0.05) is 22.7 Å². The lowest BCUT2D eigenvalue weighted by molar-refractivity contribution is 1.17. The van der Waals surface area contributed by atoms with Crippen molar-refractivity contribution in [1.82, 2.24) is 0 Å². The fourth-order valence-corrected chi connectivity index (χ4v) is 2.95. The van der Waals surface area contributed by atoms with E-state index in [0.717, 1.165) is 12.2 Å². The van der Waals surface area contributed by atoms with Crippen LogP contribution in [0.2, 0.25) is 5.02 Å². The van der Waals surface area contributed by atoms with Crippen LogP contribution in [0.15, 0.2) is 29.6 Å². The third-order valence-electron chi connectivity index (χ3n) is 2.66. The van der Waals surface area contributed by atoms with Gasteiger partial charge in [0.1, 0.15) is 4.99 Å². The smallest absolute Gasteiger partial charge is 0.105 e. The van der Waals surface area contributed by atoms with Crippen LogP contribution in [0.4, 0.5) is 5.69 Å². The van der Waals surface area contributed by atoms with Gasteiger partial charge in [-0.05, 0) is 42.1 Å². The van der Waals surface area contributed by atoms with E-state index >= 15 is 0 Å². The maximum atomic E-state index is 6.11. The number of anilines is 1. The van der Waals surface area contributed by atoms with Crippen LogP contribution in [0.5, 0.6) is 0 Å². The molecule has 0 atom stereocenters. The molecular weight excluding hydrogens is 284 g/mol. The molecule has 18 heavy (non-hydrogen) atoms. The van der Waals surface area contributed by atoms with Crippen LogP contribution >= 0.6 is 35.2 Å². The second kappa shape index (κ2) is 5.69. The quantitative estimate of drug-likeness (QED) is 0.839. The summed E-state index contributed by atoms with van der Waals surface area (Å²) in [5.74, 6) is 0. The number of halogens is 1. The van der Waals surface area contributed by atoms with Gasteiger partial charge in [-0.1, -0.05) is 23.8 Å². The molecule has 0 spiro atoms. The Morgan fingerprint density at radius 2 is 2.22 bits per heavy atom. The van der Waals surface area contributed by atoms with E-state index in [1.165, 1.54) is 10.4 Å². The first kappa shape index (κ1) is 13.3. The van der Waals surface area contributed by atoms with Crippen LogP contribution in [-0.4, -0.2) is 4.99 Å². The molecule has 0 radical (unpaired) electrons. The van der Waals surface area contributed by atoms with Crippen molar-refractivity contribution < 1.29 is 0 Å². The van der Waals surface area contributed by atoms with E-state index in [2.05, 4.69) is 23.7 Å². The second-order valence-corrected chi connectivity index (χ2v) is 5.79. The van der Waals surface area contributed by atoms with Crippen molar-refractivity contribution in [3.8, 4) is 0 Å². The molecule has 0 bridgehead atoms. The first-order chi connectivity index (χ1) is 8.58. The molecule has 0 amide bonds. The highest BCUT2D eigenvalue weighted by Crippen LogP contribution is 2.22. The molecule has 1 aromatic heterocycles. The lowest BCUT2D eigenvalue weighted by Crippen LogP contribution is -2.10. The average Bonchev–Trinajstić information content (AvgIpc) is 2.72. The van der Waals surface area contributed by atoms with Gasteiger partial charge in [0.15, 0.2) is 0 Å². The fraction of sp³-hybridized carbons (Fsp3) is 0.154. The minimum Gasteiger partial charge on any atom is -0.389 e. The first-order valence-electron chi connectivity index (χ1n) is 5.44. The van der Waals surface area contributed by atoms with Gasteiger partial charge in [0.25, 0.3) is 0 Å². The van der Waals surface area contributed by atoms with Crippen LogP contribution in [0.1, 0.15) is 16.0 Å². The van der Waals surface area contributed by atoms with Crippen molar-refractivity contribution >= 4 is 45.8 Å². The molecule has 0 aliphatic rings. The van der Waals surface area contributed by atoms with Gasteiger partial charge < -0.3 is 11.1 Å². The van der Waals surface area contributed by atoms with Gasteiger partial charge in [-0.25, -0.2) is 0 Å². The van der Waals surface area contributed by atoms with Gasteiger partial charge in [-0.3, -0.25) is 0 Å². The molecule has 3 N–H and O–H groups in total. The Bertz CT molecular complexity index is 578. The van der Waals surface area contributed by atoms with Gasteiger partial charge in [0.2, 0.25) is 0 Å². The Kier molecular flexibility index (Phi) is 4.22. The number of nitrogens with two attached hydrogens (primary N) is 1. The first-order valence-corrected chi connectivity index (χ1v) is 7.10. The summed E-state index contributed by atoms with van der Waals surface area (Å²) in [6.45, 7) is 2.91. The Balaban J connectivity index is 2.09. The molecule has 0 aliphatic heterocycles. The fourth-order valence-electron chi connectivity index (χ4n) is 1.59. The van der Waals surface area contributed by atoms with Gasteiger partial charge in [-0.15, -0.1) is 11.3 Å². The molecule has 0 aliphatic carbocycles. The standard InChI is InChI=1S/C13H13ClN2S2/c1-8-4-5-18-12(8)7-16-9-2-3-10(13(15)17)11(14)6-9/h2-6,16H,7H2,1H3,(H2,15,17). The van der Waals surface area contributed by atoms with Crippen LogP contribution in [0, 0.1) is 6.92 Å². The Morgan fingerprint density at radius 3 is 2.78 bits per heavy atom. The van der Waals surface area contributed by atoms with E-state index in [4.69, 9.17) is 29.6 Å². The lowest BCUT2D eigenvalue weighted by Gasteiger charge is -2.08. The lowest BCUT2D eigenvalue weighted by atomic mass is 10.2. The summed E-state index contributed by atoms with van der Waals surface area (Å²) >= 11 is 12.8. The highest BCUT2D eigenvalue weighted by molar-refractivity contribution is 7.80. The van der Waals surface area contributed by atoms with E-state index in [1.54, 1.807) is 11.3 Å². The zero-order chi connectivity index (χ0) is 13.1. The molecule has 0 fully saturated rings. The minimum atomic E-state index is 0.320. The van der Waals surface area contributed by atoms with E-state index in [1.807, 2.05) is 18.2 Å². The summed E-state index contributed by atoms with van der Waals surface area (Å²) in [4.78, 5) is 1.64. The summed E-state index contributed by atoms with van der Waals surface area (Å²) in [6, 6.07) is 7.74. The molecule has 94 valence electrons. The Hall–Kier alpha value is -1.10. The number of thiocarbonyl (C=S) groups is 1. The molecule has 1 aromatic carbocycles. The average molecular weight is 297 g/mol. The van der Waals surface area contributed by atoms with Crippen molar-refractivity contribution in [2.45, 2.75) is 13.5 Å². The summed E-state index contributed by atoms with van der Waals surface area (Å²) in [6.07, 6.45) is 0. The third kappa shape index (κ3) is 3.02. The molecule has 2 nitrogen and oxygen atoms in total. The minimum absolute atomic E-state index is 0.320. The number of thiophene rings is 1. The summed E-state index contributed by atoms with van der Waals surface area (Å²) in [7, 11) is 0. The van der Waals surface area contributed by atoms with Gasteiger partial charge in [-0.2, -0.15) is 0 Å². The SMILES string of the molecule is Cc1ccsc1CNc1ccc(C(N)=S)c(Cl)c1. The second-order valence-electron chi connectivity index (χ2n) is 3.94. The number of benzene rings is 1. The number of nitrogens with one attached hydrogen (secondary N) is 1. The normalized spacial score (nSPS) is 10.3. The Morgan fingerprint density at radius 1 is 1.44 bits per heavy atom. The topological polar surface area (TPSA) is 38.0 Å². The number of hydrogen-bond acceptors (Lipinski definition) is 3. The largest absolute Gasteiger partial charge is 0.389 e. The molecule has 0 saturated carbocycles. The number of rotatable bonds is 4. The van der Waals surface area contributed by atoms with E-state index in [9.17, 15) is 0 Å². The van der Waals surface area contributed by atoms with Crippen molar-refractivity contribution in [2.24, 2.45) is 5.73 Å². The van der Waals surface area contributed by atoms with E-state index in [0.29, 0.717) is 15.6 Å². The van der Waals surface area contributed by atoms with Crippen LogP contribution in [-0.2, 0) is 6.54 Å². The van der Waals surface area contributed by atoms with Crippen molar-refractivity contribution in [2.75, 3.05) is 5.32 Å². The molecule has 2 rings (SSSR count). The highest BCUT2D eigenvalue weighted by atomic mass is 35.5. The third-order valence-corrected chi connectivity index (χ3v) is 4.21. The maximum Gasteiger partial charge on any atom is 0.105 e. The Labute approximate surface area is 121 Å². The molecule has 2 aromatic rings. The van der Waals surface area contributed by atoms with Crippen molar-refractivity contribution in [1.29, 1.82) is 0 Å². The molecule has 5 heteroatoms. The zero-order valence-electron chi connectivity index (χ0n) is 9.87. The monoisotopic (exact) mass is 296 g/mol. The molecule has 0 unspecified atom stereocenters. The molecular formula is C13H13ClN2S2. The van der Waals surface area contributed by atoms with Gasteiger partial charge in [0.05, 0.1) is 5.02 Å². The van der Waals surface area contributed by atoms with Crippen LogP contribution in [0.25, 0.3) is 0 Å². The van der Waals surface area contributed by atoms with Crippen molar-refractivity contribution in [3.05, 3.63) is 50.7 Å². The summed E-state index contributed by atoms with van der Waals surface area (Å²) in [5.41, 5.74) is 8.55. The number of aryl methyl sites for hydroxylation is 1. The zero-order valence-corrected chi connectivity index (χ0v) is 12.3. The molecule has 1 heterocycles. The van der Waals surface area contributed by atoms with Crippen LogP contribution < -0.4 is 11.1 Å². The summed E-state index contributed by atoms with van der Waals surface area (Å²) in [5, 5.41) is 6.01. The highest BCUT2D eigenvalue weighted by Gasteiger charge is 2.05. The summed E-state index contributed by atoms with van der Waals surface area (Å²) < 4.78 is 0. The predicted octanol–water partition coefficient (Wildman–Crippen LogP) is 3.96. The molecule has 0 saturated heterocycles. The van der Waals surface area contributed by atoms with Crippen LogP contribution in [0.3, 0.4) is 0 Å². The van der Waals surface area contributed by atoms with Gasteiger partial charge >= 0.3 is 0 Å². The maximum absolute atomic E-state index is 6.11. The van der Waals surface area contributed by atoms with Crippen molar-refractivity contribution in [3.63, 3.8) is 0 Å². The predicted molar refractivity (Wildman–Crippen MR) is 83.7 cm³/mol. The number of hydrogen-bond donors (Lipinski definition) is 2.